The number of hydrogen-bond acceptors (Lipinski definition) is 5. The first-order valence-electron chi connectivity index (χ1n) is 7.24. The molecule has 114 valence electrons. The lowest BCUT2D eigenvalue weighted by Gasteiger charge is -2.28. The third kappa shape index (κ3) is 3.44. The average molecular weight is 361 g/mol. The SMILES string of the molecule is Nc1ncc(Cc2ccc(Br)cc2)c(N2CCCC(=O)C2)n1. The molecule has 0 unspecified atom stereocenters. The fourth-order valence-corrected chi connectivity index (χ4v) is 2.91. The first-order chi connectivity index (χ1) is 10.6. The molecule has 3 rings (SSSR count). The van der Waals surface area contributed by atoms with E-state index in [1.165, 1.54) is 5.56 Å². The molecule has 1 fully saturated rings. The fraction of sp³-hybridized carbons (Fsp3) is 0.312. The maximum atomic E-state index is 11.7. The quantitative estimate of drug-likeness (QED) is 0.910. The Labute approximate surface area is 137 Å². The van der Waals surface area contributed by atoms with E-state index in [4.69, 9.17) is 5.73 Å². The van der Waals surface area contributed by atoms with E-state index in [9.17, 15) is 4.79 Å². The van der Waals surface area contributed by atoms with Crippen LogP contribution < -0.4 is 10.6 Å². The van der Waals surface area contributed by atoms with Gasteiger partial charge in [0.15, 0.2) is 5.78 Å². The Morgan fingerprint density at radius 1 is 1.27 bits per heavy atom. The predicted molar refractivity (Wildman–Crippen MR) is 89.8 cm³/mol. The lowest BCUT2D eigenvalue weighted by atomic mass is 10.0. The monoisotopic (exact) mass is 360 g/mol. The maximum absolute atomic E-state index is 11.7. The van der Waals surface area contributed by atoms with E-state index in [0.29, 0.717) is 19.4 Å². The average Bonchev–Trinajstić information content (AvgIpc) is 2.51. The van der Waals surface area contributed by atoms with Crippen LogP contribution in [0.3, 0.4) is 0 Å². The van der Waals surface area contributed by atoms with Gasteiger partial charge in [-0.15, -0.1) is 0 Å². The lowest BCUT2D eigenvalue weighted by molar-refractivity contribution is -0.118. The molecule has 2 N–H and O–H groups in total. The van der Waals surface area contributed by atoms with Crippen LogP contribution in [-0.2, 0) is 11.2 Å². The number of nitrogen functional groups attached to an aromatic ring is 1. The van der Waals surface area contributed by atoms with Crippen molar-refractivity contribution in [3.8, 4) is 0 Å². The summed E-state index contributed by atoms with van der Waals surface area (Å²) in [5.74, 6) is 1.27. The molecule has 0 aliphatic carbocycles. The molecular weight excluding hydrogens is 344 g/mol. The summed E-state index contributed by atoms with van der Waals surface area (Å²) in [6.45, 7) is 1.24. The van der Waals surface area contributed by atoms with Gasteiger partial charge in [0, 0.05) is 35.6 Å². The first kappa shape index (κ1) is 15.0. The van der Waals surface area contributed by atoms with Gasteiger partial charge in [-0.05, 0) is 24.1 Å². The number of aromatic nitrogens is 2. The van der Waals surface area contributed by atoms with Crippen molar-refractivity contribution in [3.63, 3.8) is 0 Å². The van der Waals surface area contributed by atoms with Gasteiger partial charge >= 0.3 is 0 Å². The normalized spacial score (nSPS) is 15.1. The van der Waals surface area contributed by atoms with Gasteiger partial charge in [0.2, 0.25) is 5.95 Å². The summed E-state index contributed by atoms with van der Waals surface area (Å²) in [5.41, 5.74) is 7.90. The standard InChI is InChI=1S/C16H17BrN4O/c17-13-5-3-11(4-6-13)8-12-9-19-16(18)20-15(12)21-7-1-2-14(22)10-21/h3-6,9H,1-2,7-8,10H2,(H2,18,19,20). The molecule has 1 aliphatic rings. The number of carbonyl (C=O) groups is 1. The number of piperidine rings is 1. The molecule has 22 heavy (non-hydrogen) atoms. The Balaban J connectivity index is 1.90. The second-order valence-electron chi connectivity index (χ2n) is 5.44. The van der Waals surface area contributed by atoms with E-state index >= 15 is 0 Å². The number of rotatable bonds is 3. The van der Waals surface area contributed by atoms with Crippen molar-refractivity contribution in [2.75, 3.05) is 23.7 Å². The second kappa shape index (κ2) is 6.44. The van der Waals surface area contributed by atoms with Crippen molar-refractivity contribution in [3.05, 3.63) is 46.1 Å². The number of nitrogens with two attached hydrogens (primary N) is 1. The van der Waals surface area contributed by atoms with Crippen molar-refractivity contribution in [2.45, 2.75) is 19.3 Å². The Kier molecular flexibility index (Phi) is 4.38. The summed E-state index contributed by atoms with van der Waals surface area (Å²) in [7, 11) is 0. The lowest BCUT2D eigenvalue weighted by Crippen LogP contribution is -2.37. The molecule has 2 heterocycles. The highest BCUT2D eigenvalue weighted by Gasteiger charge is 2.21. The Morgan fingerprint density at radius 3 is 2.77 bits per heavy atom. The number of halogens is 1. The smallest absolute Gasteiger partial charge is 0.221 e. The number of anilines is 2. The van der Waals surface area contributed by atoms with Crippen molar-refractivity contribution in [1.82, 2.24) is 9.97 Å². The van der Waals surface area contributed by atoms with E-state index in [0.717, 1.165) is 28.8 Å². The van der Waals surface area contributed by atoms with Crippen LogP contribution in [0.4, 0.5) is 11.8 Å². The summed E-state index contributed by atoms with van der Waals surface area (Å²) in [4.78, 5) is 22.2. The highest BCUT2D eigenvalue weighted by molar-refractivity contribution is 9.10. The van der Waals surface area contributed by atoms with Gasteiger partial charge in [-0.2, -0.15) is 4.98 Å². The molecular formula is C16H17BrN4O. The molecule has 1 saturated heterocycles. The second-order valence-corrected chi connectivity index (χ2v) is 6.36. The first-order valence-corrected chi connectivity index (χ1v) is 8.03. The van der Waals surface area contributed by atoms with Crippen molar-refractivity contribution in [2.24, 2.45) is 0 Å². The number of carbonyl (C=O) groups excluding carboxylic acids is 1. The molecule has 2 aromatic rings. The molecule has 0 bridgehead atoms. The van der Waals surface area contributed by atoms with Crippen molar-refractivity contribution < 1.29 is 4.79 Å². The van der Waals surface area contributed by atoms with E-state index < -0.39 is 0 Å². The number of Topliss-reactive ketones (excluding diaryl/α,β-unsaturated/α-hetero) is 1. The molecule has 0 amide bonds. The molecule has 6 heteroatoms. The molecule has 5 nitrogen and oxygen atoms in total. The van der Waals surface area contributed by atoms with Gasteiger partial charge in [0.05, 0.1) is 6.54 Å². The van der Waals surface area contributed by atoms with Crippen LogP contribution in [0.5, 0.6) is 0 Å². The zero-order valence-electron chi connectivity index (χ0n) is 12.1. The molecule has 0 saturated carbocycles. The largest absolute Gasteiger partial charge is 0.368 e. The van der Waals surface area contributed by atoms with E-state index in [-0.39, 0.29) is 11.7 Å². The third-order valence-electron chi connectivity index (χ3n) is 3.72. The molecule has 1 aliphatic heterocycles. The summed E-state index contributed by atoms with van der Waals surface area (Å²) in [5, 5.41) is 0. The van der Waals surface area contributed by atoms with Crippen LogP contribution >= 0.6 is 15.9 Å². The van der Waals surface area contributed by atoms with Crippen LogP contribution in [0.1, 0.15) is 24.0 Å². The topological polar surface area (TPSA) is 72.1 Å². The van der Waals surface area contributed by atoms with Crippen LogP contribution in [0, 0.1) is 0 Å². The number of hydrogen-bond donors (Lipinski definition) is 1. The van der Waals surface area contributed by atoms with Gasteiger partial charge in [0.1, 0.15) is 5.82 Å². The summed E-state index contributed by atoms with van der Waals surface area (Å²) < 4.78 is 1.05. The van der Waals surface area contributed by atoms with Crippen molar-refractivity contribution in [1.29, 1.82) is 0 Å². The van der Waals surface area contributed by atoms with Gasteiger partial charge in [-0.3, -0.25) is 4.79 Å². The Hall–Kier alpha value is -1.95. The minimum atomic E-state index is 0.243. The van der Waals surface area contributed by atoms with Gasteiger partial charge in [0.25, 0.3) is 0 Å². The van der Waals surface area contributed by atoms with E-state index in [1.807, 2.05) is 17.0 Å². The van der Waals surface area contributed by atoms with Gasteiger partial charge in [-0.1, -0.05) is 28.1 Å². The van der Waals surface area contributed by atoms with Crippen LogP contribution in [0.15, 0.2) is 34.9 Å². The number of benzene rings is 1. The van der Waals surface area contributed by atoms with Crippen LogP contribution in [-0.4, -0.2) is 28.8 Å². The highest BCUT2D eigenvalue weighted by atomic mass is 79.9. The maximum Gasteiger partial charge on any atom is 0.221 e. The zero-order chi connectivity index (χ0) is 15.5. The Bertz CT molecular complexity index is 687. The zero-order valence-corrected chi connectivity index (χ0v) is 13.7. The van der Waals surface area contributed by atoms with E-state index in [1.54, 1.807) is 6.20 Å². The van der Waals surface area contributed by atoms with Crippen LogP contribution in [0.2, 0.25) is 0 Å². The van der Waals surface area contributed by atoms with Crippen molar-refractivity contribution >= 4 is 33.5 Å². The fourth-order valence-electron chi connectivity index (χ4n) is 2.65. The molecule has 0 atom stereocenters. The van der Waals surface area contributed by atoms with Gasteiger partial charge < -0.3 is 10.6 Å². The van der Waals surface area contributed by atoms with E-state index in [2.05, 4.69) is 38.0 Å². The van der Waals surface area contributed by atoms with Gasteiger partial charge in [-0.25, -0.2) is 4.98 Å². The minimum absolute atomic E-state index is 0.243. The summed E-state index contributed by atoms with van der Waals surface area (Å²) in [6.07, 6.45) is 3.99. The molecule has 0 radical (unpaired) electrons. The summed E-state index contributed by atoms with van der Waals surface area (Å²) >= 11 is 3.44. The predicted octanol–water partition coefficient (Wildman–Crippen LogP) is 2.58. The number of ketones is 1. The molecule has 0 spiro atoms. The van der Waals surface area contributed by atoms with Crippen LogP contribution in [0.25, 0.3) is 0 Å². The third-order valence-corrected chi connectivity index (χ3v) is 4.25. The molecule has 1 aromatic carbocycles. The number of nitrogens with zero attached hydrogens (tertiary/aromatic N) is 3. The molecule has 1 aromatic heterocycles. The highest BCUT2D eigenvalue weighted by Crippen LogP contribution is 2.24. The summed E-state index contributed by atoms with van der Waals surface area (Å²) in [6, 6.07) is 8.15. The minimum Gasteiger partial charge on any atom is -0.368 e. The Morgan fingerprint density at radius 2 is 2.05 bits per heavy atom.